The molecule has 1 aliphatic rings. The van der Waals surface area contributed by atoms with Crippen LogP contribution in [0.4, 0.5) is 5.82 Å². The number of nitrogens with zero attached hydrogens (tertiary/aromatic N) is 3. The molecule has 1 aromatic heterocycles. The molecular formula is C13H22N4S. The van der Waals surface area contributed by atoms with E-state index < -0.39 is 0 Å². The Bertz CT molecular complexity index is 448. The minimum atomic E-state index is 0.447. The summed E-state index contributed by atoms with van der Waals surface area (Å²) in [6, 6.07) is 0. The van der Waals surface area contributed by atoms with Gasteiger partial charge in [-0.05, 0) is 32.6 Å². The molecule has 1 heterocycles. The molecule has 0 bridgehead atoms. The summed E-state index contributed by atoms with van der Waals surface area (Å²) in [5.41, 5.74) is 7.71. The van der Waals surface area contributed by atoms with E-state index in [4.69, 9.17) is 18.0 Å². The third kappa shape index (κ3) is 2.36. The Labute approximate surface area is 114 Å². The normalized spacial score (nSPS) is 15.5. The summed E-state index contributed by atoms with van der Waals surface area (Å²) in [5.74, 6) is 1.90. The van der Waals surface area contributed by atoms with Crippen molar-refractivity contribution in [1.29, 1.82) is 0 Å². The molecule has 0 saturated heterocycles. The molecule has 0 amide bonds. The molecule has 0 spiro atoms. The van der Waals surface area contributed by atoms with Gasteiger partial charge in [0.05, 0.1) is 11.3 Å². The molecule has 100 valence electrons. The third-order valence-corrected chi connectivity index (χ3v) is 4.03. The highest BCUT2D eigenvalue weighted by Crippen LogP contribution is 2.30. The van der Waals surface area contributed by atoms with Gasteiger partial charge in [0.15, 0.2) is 0 Å². The van der Waals surface area contributed by atoms with Crippen molar-refractivity contribution >= 4 is 23.0 Å². The van der Waals surface area contributed by atoms with Crippen LogP contribution >= 0.6 is 12.2 Å². The topological polar surface area (TPSA) is 47.1 Å². The van der Waals surface area contributed by atoms with Gasteiger partial charge in [-0.2, -0.15) is 5.10 Å². The maximum absolute atomic E-state index is 5.85. The number of nitrogens with two attached hydrogens (primary N) is 1. The van der Waals surface area contributed by atoms with Crippen molar-refractivity contribution in [3.63, 3.8) is 0 Å². The number of thiocarbonyl (C=S) groups is 1. The number of hydrogen-bond donors (Lipinski definition) is 1. The zero-order chi connectivity index (χ0) is 13.3. The van der Waals surface area contributed by atoms with Gasteiger partial charge in [0.1, 0.15) is 10.8 Å². The quantitative estimate of drug-likeness (QED) is 0.828. The summed E-state index contributed by atoms with van der Waals surface area (Å²) < 4.78 is 1.91. The van der Waals surface area contributed by atoms with Gasteiger partial charge in [-0.3, -0.25) is 4.68 Å². The highest BCUT2D eigenvalue weighted by atomic mass is 32.1. The Kier molecular flexibility index (Phi) is 3.90. The molecule has 2 N–H and O–H groups in total. The van der Waals surface area contributed by atoms with Crippen LogP contribution in [-0.2, 0) is 7.05 Å². The van der Waals surface area contributed by atoms with E-state index in [9.17, 15) is 0 Å². The summed E-state index contributed by atoms with van der Waals surface area (Å²) in [7, 11) is 1.97. The van der Waals surface area contributed by atoms with Gasteiger partial charge in [0, 0.05) is 20.1 Å². The van der Waals surface area contributed by atoms with Gasteiger partial charge >= 0.3 is 0 Å². The highest BCUT2D eigenvalue weighted by Gasteiger charge is 2.25. The van der Waals surface area contributed by atoms with E-state index in [1.165, 1.54) is 19.3 Å². The average Bonchev–Trinajstić information content (AvgIpc) is 2.53. The van der Waals surface area contributed by atoms with Gasteiger partial charge in [-0.15, -0.1) is 0 Å². The van der Waals surface area contributed by atoms with Crippen LogP contribution < -0.4 is 10.6 Å². The maximum atomic E-state index is 5.85. The fourth-order valence-corrected chi connectivity index (χ4v) is 2.89. The number of anilines is 1. The van der Waals surface area contributed by atoms with Gasteiger partial charge in [0.25, 0.3) is 0 Å². The highest BCUT2D eigenvalue weighted by molar-refractivity contribution is 7.80. The lowest BCUT2D eigenvalue weighted by molar-refractivity contribution is 0.317. The SMILES string of the molecule is CCN(CC1CCC1)c1c(C(N)=S)c(C)nn1C. The van der Waals surface area contributed by atoms with Crippen molar-refractivity contribution in [3.05, 3.63) is 11.3 Å². The van der Waals surface area contributed by atoms with Gasteiger partial charge in [-0.1, -0.05) is 18.6 Å². The predicted octanol–water partition coefficient (Wildman–Crippen LogP) is 1.99. The summed E-state index contributed by atoms with van der Waals surface area (Å²) in [6.07, 6.45) is 4.06. The molecule has 18 heavy (non-hydrogen) atoms. The van der Waals surface area contributed by atoms with Crippen molar-refractivity contribution in [2.24, 2.45) is 18.7 Å². The summed E-state index contributed by atoms with van der Waals surface area (Å²) in [4.78, 5) is 2.81. The molecule has 1 aliphatic carbocycles. The van der Waals surface area contributed by atoms with Gasteiger partial charge in [0.2, 0.25) is 0 Å². The number of rotatable bonds is 5. The number of aryl methyl sites for hydroxylation is 2. The molecule has 1 saturated carbocycles. The van der Waals surface area contributed by atoms with E-state index in [0.29, 0.717) is 4.99 Å². The maximum Gasteiger partial charge on any atom is 0.137 e. The zero-order valence-electron chi connectivity index (χ0n) is 11.4. The third-order valence-electron chi connectivity index (χ3n) is 3.82. The fraction of sp³-hybridized carbons (Fsp3) is 0.692. The first-order chi connectivity index (χ1) is 8.54. The van der Waals surface area contributed by atoms with Crippen LogP contribution in [0.5, 0.6) is 0 Å². The molecule has 4 nitrogen and oxygen atoms in total. The first-order valence-electron chi connectivity index (χ1n) is 6.63. The Hall–Kier alpha value is -1.10. The van der Waals surface area contributed by atoms with Crippen molar-refractivity contribution in [1.82, 2.24) is 9.78 Å². The Morgan fingerprint density at radius 3 is 2.67 bits per heavy atom. The van der Waals surface area contributed by atoms with Crippen molar-refractivity contribution in [3.8, 4) is 0 Å². The molecular weight excluding hydrogens is 244 g/mol. The zero-order valence-corrected chi connectivity index (χ0v) is 12.3. The van der Waals surface area contributed by atoms with Gasteiger partial charge < -0.3 is 10.6 Å². The van der Waals surface area contributed by atoms with Crippen LogP contribution in [0.15, 0.2) is 0 Å². The van der Waals surface area contributed by atoms with Crippen LogP contribution in [0.1, 0.15) is 37.4 Å². The minimum Gasteiger partial charge on any atom is -0.389 e. The lowest BCUT2D eigenvalue weighted by atomic mass is 9.85. The smallest absolute Gasteiger partial charge is 0.137 e. The first kappa shape index (κ1) is 13.3. The molecule has 0 unspecified atom stereocenters. The van der Waals surface area contributed by atoms with Gasteiger partial charge in [-0.25, -0.2) is 0 Å². The van der Waals surface area contributed by atoms with Crippen LogP contribution in [0.2, 0.25) is 0 Å². The molecule has 5 heteroatoms. The molecule has 1 aromatic rings. The lowest BCUT2D eigenvalue weighted by Gasteiger charge is -2.33. The lowest BCUT2D eigenvalue weighted by Crippen LogP contribution is -2.35. The van der Waals surface area contributed by atoms with E-state index in [0.717, 1.165) is 36.1 Å². The Morgan fingerprint density at radius 1 is 1.56 bits per heavy atom. The monoisotopic (exact) mass is 266 g/mol. The van der Waals surface area contributed by atoms with E-state index in [1.807, 2.05) is 18.7 Å². The second-order valence-corrected chi connectivity index (χ2v) is 5.55. The van der Waals surface area contributed by atoms with E-state index in [2.05, 4.69) is 16.9 Å². The van der Waals surface area contributed by atoms with Crippen molar-refractivity contribution in [2.75, 3.05) is 18.0 Å². The molecule has 0 atom stereocenters. The summed E-state index contributed by atoms with van der Waals surface area (Å²) >= 11 is 5.17. The van der Waals surface area contributed by atoms with Crippen LogP contribution in [0, 0.1) is 12.8 Å². The van der Waals surface area contributed by atoms with E-state index >= 15 is 0 Å². The first-order valence-corrected chi connectivity index (χ1v) is 7.03. The van der Waals surface area contributed by atoms with Crippen molar-refractivity contribution in [2.45, 2.75) is 33.1 Å². The molecule has 0 radical (unpaired) electrons. The van der Waals surface area contributed by atoms with E-state index in [-0.39, 0.29) is 0 Å². The van der Waals surface area contributed by atoms with Crippen LogP contribution in [-0.4, -0.2) is 27.9 Å². The second-order valence-electron chi connectivity index (χ2n) is 5.11. The molecule has 0 aliphatic heterocycles. The summed E-state index contributed by atoms with van der Waals surface area (Å²) in [6.45, 7) is 6.19. The standard InChI is InChI=1S/C13H22N4S/c1-4-17(8-10-6-5-7-10)13-11(12(14)18)9(2)15-16(13)3/h10H,4-8H2,1-3H3,(H2,14,18). The molecule has 2 rings (SSSR count). The molecule has 0 aromatic carbocycles. The molecule has 1 fully saturated rings. The second kappa shape index (κ2) is 5.26. The number of aromatic nitrogens is 2. The minimum absolute atomic E-state index is 0.447. The Morgan fingerprint density at radius 2 is 2.22 bits per heavy atom. The number of hydrogen-bond acceptors (Lipinski definition) is 3. The largest absolute Gasteiger partial charge is 0.389 e. The predicted molar refractivity (Wildman–Crippen MR) is 79.1 cm³/mol. The van der Waals surface area contributed by atoms with E-state index in [1.54, 1.807) is 0 Å². The van der Waals surface area contributed by atoms with Crippen LogP contribution in [0.25, 0.3) is 0 Å². The van der Waals surface area contributed by atoms with Crippen LogP contribution in [0.3, 0.4) is 0 Å². The average molecular weight is 266 g/mol. The summed E-state index contributed by atoms with van der Waals surface area (Å²) in [5, 5.41) is 4.46. The fourth-order valence-electron chi connectivity index (χ4n) is 2.65. The van der Waals surface area contributed by atoms with Crippen molar-refractivity contribution < 1.29 is 0 Å². The Balaban J connectivity index is 2.30.